The average molecular weight is 231 g/mol. The summed E-state index contributed by atoms with van der Waals surface area (Å²) in [6.45, 7) is 2.54. The van der Waals surface area contributed by atoms with E-state index in [-0.39, 0.29) is 0 Å². The van der Waals surface area contributed by atoms with Crippen molar-refractivity contribution in [2.75, 3.05) is 0 Å². The molecule has 7 heteroatoms. The van der Waals surface area contributed by atoms with Crippen LogP contribution in [0.5, 0.6) is 0 Å². The van der Waals surface area contributed by atoms with Crippen molar-refractivity contribution in [3.8, 4) is 18.2 Å². The van der Waals surface area contributed by atoms with Gasteiger partial charge in [0.05, 0.1) is 24.1 Å². The van der Waals surface area contributed by atoms with Crippen LogP contribution in [0.2, 0.25) is 0 Å². The van der Waals surface area contributed by atoms with Gasteiger partial charge in [-0.2, -0.15) is 15.8 Å². The second-order valence-corrected chi connectivity index (χ2v) is 4.19. The monoisotopic (exact) mass is 231 g/mol. The lowest BCUT2D eigenvalue weighted by Gasteiger charge is -2.23. The molecule has 17 heavy (non-hydrogen) atoms. The quantitative estimate of drug-likeness (QED) is 0.526. The fourth-order valence-corrected chi connectivity index (χ4v) is 2.22. The first-order valence-electron chi connectivity index (χ1n) is 4.78. The number of nitriles is 3. The first-order valence-corrected chi connectivity index (χ1v) is 4.78. The SMILES string of the molecule is CC1C(C#N)(C#N)C(C#N)C(=N)C1(C)[N+](=O)[O-]. The Bertz CT molecular complexity index is 506. The minimum absolute atomic E-state index is 0.472. The summed E-state index contributed by atoms with van der Waals surface area (Å²) in [6, 6.07) is 5.05. The van der Waals surface area contributed by atoms with E-state index in [0.29, 0.717) is 0 Å². The number of nitrogens with zero attached hydrogens (tertiary/aromatic N) is 4. The van der Waals surface area contributed by atoms with Crippen LogP contribution in [-0.2, 0) is 0 Å². The summed E-state index contributed by atoms with van der Waals surface area (Å²) in [6.07, 6.45) is 0. The van der Waals surface area contributed by atoms with E-state index in [9.17, 15) is 10.1 Å². The van der Waals surface area contributed by atoms with Gasteiger partial charge in [-0.05, 0) is 0 Å². The van der Waals surface area contributed by atoms with Gasteiger partial charge in [0.15, 0.2) is 5.41 Å². The Morgan fingerprint density at radius 2 is 1.88 bits per heavy atom. The van der Waals surface area contributed by atoms with Gasteiger partial charge in [-0.1, -0.05) is 6.92 Å². The third kappa shape index (κ3) is 1.15. The zero-order valence-electron chi connectivity index (χ0n) is 9.26. The van der Waals surface area contributed by atoms with Crippen molar-refractivity contribution < 1.29 is 4.92 Å². The number of hydrogen-bond acceptors (Lipinski definition) is 6. The molecule has 3 unspecified atom stereocenters. The molecule has 0 aromatic heterocycles. The lowest BCUT2D eigenvalue weighted by molar-refractivity contribution is -0.551. The topological polar surface area (TPSA) is 138 Å². The number of nitrogens with one attached hydrogen (secondary N) is 1. The Labute approximate surface area is 97.5 Å². The second-order valence-electron chi connectivity index (χ2n) is 4.19. The van der Waals surface area contributed by atoms with Crippen LogP contribution in [0.4, 0.5) is 0 Å². The van der Waals surface area contributed by atoms with Gasteiger partial charge in [0.25, 0.3) is 5.54 Å². The third-order valence-corrected chi connectivity index (χ3v) is 3.69. The molecule has 7 nitrogen and oxygen atoms in total. The first kappa shape index (κ1) is 12.6. The van der Waals surface area contributed by atoms with Gasteiger partial charge in [0, 0.05) is 11.8 Å². The molecule has 1 aliphatic rings. The normalized spacial score (nSPS) is 34.4. The van der Waals surface area contributed by atoms with Gasteiger partial charge >= 0.3 is 0 Å². The highest BCUT2D eigenvalue weighted by Gasteiger charge is 2.70. The van der Waals surface area contributed by atoms with Crippen LogP contribution in [-0.4, -0.2) is 16.2 Å². The van der Waals surface area contributed by atoms with Crippen LogP contribution in [0.25, 0.3) is 0 Å². The van der Waals surface area contributed by atoms with Gasteiger partial charge in [0.1, 0.15) is 11.6 Å². The Kier molecular flexibility index (Phi) is 2.62. The maximum Gasteiger partial charge on any atom is 0.262 e. The fraction of sp³-hybridized carbons (Fsp3) is 0.600. The van der Waals surface area contributed by atoms with Crippen molar-refractivity contribution in [3.63, 3.8) is 0 Å². The van der Waals surface area contributed by atoms with E-state index in [1.807, 2.05) is 0 Å². The van der Waals surface area contributed by atoms with Gasteiger partial charge in [-0.25, -0.2) is 0 Å². The van der Waals surface area contributed by atoms with Crippen molar-refractivity contribution in [1.29, 1.82) is 21.2 Å². The van der Waals surface area contributed by atoms with Crippen LogP contribution in [0, 0.1) is 66.8 Å². The minimum atomic E-state index is -1.84. The Balaban J connectivity index is 3.59. The van der Waals surface area contributed by atoms with E-state index in [0.717, 1.165) is 0 Å². The van der Waals surface area contributed by atoms with Gasteiger partial charge in [-0.15, -0.1) is 0 Å². The molecule has 0 bridgehead atoms. The molecular formula is C10H9N5O2. The highest BCUT2D eigenvalue weighted by molar-refractivity contribution is 5.98. The molecule has 1 saturated carbocycles. The third-order valence-electron chi connectivity index (χ3n) is 3.69. The van der Waals surface area contributed by atoms with Crippen molar-refractivity contribution in [1.82, 2.24) is 0 Å². The minimum Gasteiger partial charge on any atom is -0.301 e. The first-order chi connectivity index (χ1) is 7.82. The van der Waals surface area contributed by atoms with Crippen LogP contribution < -0.4 is 0 Å². The summed E-state index contributed by atoms with van der Waals surface area (Å²) in [5.74, 6) is -2.37. The standard InChI is InChI=1S/C10H9N5O2/c1-6-9(2,15(16)17)8(14)7(3-11)10(6,4-12)5-13/h6-7,14H,1-2H3. The highest BCUT2D eigenvalue weighted by Crippen LogP contribution is 2.51. The number of hydrogen-bond donors (Lipinski definition) is 1. The van der Waals surface area contributed by atoms with Crippen molar-refractivity contribution in [3.05, 3.63) is 10.1 Å². The molecule has 0 spiro atoms. The molecule has 0 aromatic rings. The molecule has 0 heterocycles. The summed E-state index contributed by atoms with van der Waals surface area (Å²) in [7, 11) is 0. The van der Waals surface area contributed by atoms with E-state index in [1.54, 1.807) is 18.2 Å². The lowest BCUT2D eigenvalue weighted by atomic mass is 9.73. The Morgan fingerprint density at radius 1 is 1.41 bits per heavy atom. The molecule has 0 radical (unpaired) electrons. The number of rotatable bonds is 1. The maximum absolute atomic E-state index is 11.1. The van der Waals surface area contributed by atoms with Crippen LogP contribution in [0.3, 0.4) is 0 Å². The van der Waals surface area contributed by atoms with E-state index in [1.165, 1.54) is 13.8 Å². The predicted molar refractivity (Wildman–Crippen MR) is 55.1 cm³/mol. The molecule has 3 atom stereocenters. The van der Waals surface area contributed by atoms with Crippen LogP contribution in [0.15, 0.2) is 0 Å². The van der Waals surface area contributed by atoms with E-state index >= 15 is 0 Å². The molecule has 0 saturated heterocycles. The summed E-state index contributed by atoms with van der Waals surface area (Å²) in [4.78, 5) is 10.4. The molecule has 1 rings (SSSR count). The summed E-state index contributed by atoms with van der Waals surface area (Å²) >= 11 is 0. The Morgan fingerprint density at radius 3 is 2.12 bits per heavy atom. The van der Waals surface area contributed by atoms with Gasteiger partial charge in [-0.3, -0.25) is 10.1 Å². The van der Waals surface area contributed by atoms with Gasteiger partial charge in [0.2, 0.25) is 0 Å². The number of nitro groups is 1. The molecule has 86 valence electrons. The average Bonchev–Trinajstić information content (AvgIpc) is 2.48. The molecule has 0 amide bonds. The van der Waals surface area contributed by atoms with E-state index in [2.05, 4.69) is 0 Å². The van der Waals surface area contributed by atoms with Crippen molar-refractivity contribution in [2.45, 2.75) is 19.4 Å². The molecule has 1 aliphatic carbocycles. The lowest BCUT2D eigenvalue weighted by Crippen LogP contribution is -2.45. The Hall–Kier alpha value is -2.46. The highest BCUT2D eigenvalue weighted by atomic mass is 16.6. The summed E-state index contributed by atoms with van der Waals surface area (Å²) in [5, 5.41) is 45.9. The van der Waals surface area contributed by atoms with Crippen LogP contribution >= 0.6 is 0 Å². The smallest absolute Gasteiger partial charge is 0.262 e. The second kappa shape index (κ2) is 3.54. The largest absolute Gasteiger partial charge is 0.301 e. The van der Waals surface area contributed by atoms with E-state index < -0.39 is 33.4 Å². The van der Waals surface area contributed by atoms with E-state index in [4.69, 9.17) is 21.2 Å². The summed E-state index contributed by atoms with van der Waals surface area (Å²) < 4.78 is 0. The fourth-order valence-electron chi connectivity index (χ4n) is 2.22. The van der Waals surface area contributed by atoms with Crippen LogP contribution in [0.1, 0.15) is 13.8 Å². The predicted octanol–water partition coefficient (Wildman–Crippen LogP) is 0.865. The zero-order chi connectivity index (χ0) is 13.4. The molecule has 0 aliphatic heterocycles. The van der Waals surface area contributed by atoms with Gasteiger partial charge < -0.3 is 5.41 Å². The molecule has 0 aromatic carbocycles. The zero-order valence-corrected chi connectivity index (χ0v) is 9.26. The molecular weight excluding hydrogens is 222 g/mol. The maximum atomic E-state index is 11.1. The van der Waals surface area contributed by atoms with Crippen molar-refractivity contribution >= 4 is 5.71 Å². The van der Waals surface area contributed by atoms with Crippen molar-refractivity contribution in [2.24, 2.45) is 17.3 Å². The molecule has 1 fully saturated rings. The molecule has 1 N–H and O–H groups in total. The summed E-state index contributed by atoms with van der Waals surface area (Å²) in [5.41, 5.74) is -4.14.